The highest BCUT2D eigenvalue weighted by molar-refractivity contribution is 5.95. The predicted octanol–water partition coefficient (Wildman–Crippen LogP) is 4.14. The molecule has 4 rings (SSSR count). The molecule has 1 aliphatic heterocycles. The highest BCUT2D eigenvalue weighted by Gasteiger charge is 2.19. The number of ether oxygens (including phenoxy) is 1. The first-order valence-electron chi connectivity index (χ1n) is 11.0. The number of piperazine rings is 1. The Balaban J connectivity index is 1.46. The van der Waals surface area contributed by atoms with Crippen LogP contribution in [-0.4, -0.2) is 58.9 Å². The maximum absolute atomic E-state index is 12.7. The first-order chi connectivity index (χ1) is 15.8. The van der Waals surface area contributed by atoms with Crippen LogP contribution in [-0.2, 0) is 4.74 Å². The number of hydrogen-bond acceptors (Lipinski definition) is 5. The van der Waals surface area contributed by atoms with Gasteiger partial charge in [-0.1, -0.05) is 30.3 Å². The molecule has 1 fully saturated rings. The first-order valence-corrected chi connectivity index (χ1v) is 11.0. The van der Waals surface area contributed by atoms with Crippen LogP contribution < -0.4 is 10.6 Å². The lowest BCUT2D eigenvalue weighted by Crippen LogP contribution is -2.46. The predicted molar refractivity (Wildman–Crippen MR) is 128 cm³/mol. The van der Waals surface area contributed by atoms with Gasteiger partial charge in [0.25, 0.3) is 5.91 Å². The Bertz CT molecular complexity index is 1130. The van der Waals surface area contributed by atoms with Crippen LogP contribution in [0.1, 0.15) is 31.1 Å². The summed E-state index contributed by atoms with van der Waals surface area (Å²) in [5.41, 5.74) is 3.85. The summed E-state index contributed by atoms with van der Waals surface area (Å²) in [7, 11) is 0. The topological polar surface area (TPSA) is 99.4 Å². The van der Waals surface area contributed by atoms with Gasteiger partial charge in [-0.15, -0.1) is 0 Å². The minimum atomic E-state index is -0.581. The number of rotatable bonds is 4. The van der Waals surface area contributed by atoms with Crippen LogP contribution in [0.5, 0.6) is 0 Å². The summed E-state index contributed by atoms with van der Waals surface area (Å²) in [4.78, 5) is 26.5. The molecule has 8 nitrogen and oxygen atoms in total. The van der Waals surface area contributed by atoms with Crippen LogP contribution in [0.15, 0.2) is 54.6 Å². The molecule has 8 heteroatoms. The van der Waals surface area contributed by atoms with Crippen molar-refractivity contribution in [2.45, 2.75) is 26.4 Å². The summed E-state index contributed by atoms with van der Waals surface area (Å²) in [6.07, 6.45) is -0.551. The second kappa shape index (κ2) is 9.46. The standard InChI is InChI=1S/C25H29N5O3/c1-25(2,3)33-24(32)27-22-16-21(28-29-22)20-6-4-5-19(15-20)17-7-9-18(10-8-17)23(31)30-13-11-26-12-14-30/h4-10,15-16,26H,11-14H2,1-3H3,(H2,27,28,29,32). The van der Waals surface area contributed by atoms with E-state index in [1.807, 2.05) is 74.2 Å². The van der Waals surface area contributed by atoms with Gasteiger partial charge < -0.3 is 15.0 Å². The quantitative estimate of drug-likeness (QED) is 0.558. The van der Waals surface area contributed by atoms with E-state index < -0.39 is 11.7 Å². The smallest absolute Gasteiger partial charge is 0.413 e. The summed E-state index contributed by atoms with van der Waals surface area (Å²) in [5.74, 6) is 0.458. The van der Waals surface area contributed by atoms with Crippen molar-refractivity contribution in [3.63, 3.8) is 0 Å². The fourth-order valence-corrected chi connectivity index (χ4v) is 3.66. The lowest BCUT2D eigenvalue weighted by Gasteiger charge is -2.27. The number of H-pyrrole nitrogens is 1. The van der Waals surface area contributed by atoms with E-state index in [1.165, 1.54) is 0 Å². The number of benzene rings is 2. The van der Waals surface area contributed by atoms with Gasteiger partial charge in [0.05, 0.1) is 5.69 Å². The van der Waals surface area contributed by atoms with Gasteiger partial charge in [0.2, 0.25) is 0 Å². The molecule has 0 atom stereocenters. The molecule has 1 saturated heterocycles. The Kier molecular flexibility index (Phi) is 6.46. The van der Waals surface area contributed by atoms with E-state index in [9.17, 15) is 9.59 Å². The van der Waals surface area contributed by atoms with E-state index in [1.54, 1.807) is 6.07 Å². The third-order valence-electron chi connectivity index (χ3n) is 5.25. The Morgan fingerprint density at radius 2 is 1.67 bits per heavy atom. The van der Waals surface area contributed by atoms with Crippen LogP contribution in [0.3, 0.4) is 0 Å². The van der Waals surface area contributed by atoms with Crippen LogP contribution in [0, 0.1) is 0 Å². The number of anilines is 1. The summed E-state index contributed by atoms with van der Waals surface area (Å²) in [5, 5.41) is 13.0. The molecular weight excluding hydrogens is 418 g/mol. The molecule has 0 bridgehead atoms. The fraction of sp³-hybridized carbons (Fsp3) is 0.320. The first kappa shape index (κ1) is 22.5. The van der Waals surface area contributed by atoms with Crippen LogP contribution >= 0.6 is 0 Å². The molecule has 0 spiro atoms. The average molecular weight is 448 g/mol. The van der Waals surface area contributed by atoms with Crippen molar-refractivity contribution in [1.29, 1.82) is 0 Å². The third-order valence-corrected chi connectivity index (χ3v) is 5.25. The Labute approximate surface area is 193 Å². The number of nitrogens with zero attached hydrogens (tertiary/aromatic N) is 2. The molecule has 1 aliphatic rings. The number of carbonyl (C=O) groups excluding carboxylic acids is 2. The largest absolute Gasteiger partial charge is 0.444 e. The number of aromatic amines is 1. The minimum Gasteiger partial charge on any atom is -0.444 e. The molecular formula is C25H29N5O3. The zero-order valence-corrected chi connectivity index (χ0v) is 19.1. The summed E-state index contributed by atoms with van der Waals surface area (Å²) in [6.45, 7) is 8.55. The van der Waals surface area contributed by atoms with E-state index in [0.717, 1.165) is 48.6 Å². The average Bonchev–Trinajstić information content (AvgIpc) is 3.26. The van der Waals surface area contributed by atoms with Gasteiger partial charge in [0, 0.05) is 43.4 Å². The molecule has 0 saturated carbocycles. The van der Waals surface area contributed by atoms with Gasteiger partial charge in [-0.25, -0.2) is 4.79 Å². The van der Waals surface area contributed by atoms with Gasteiger partial charge in [-0.2, -0.15) is 5.10 Å². The van der Waals surface area contributed by atoms with Crippen molar-refractivity contribution in [1.82, 2.24) is 20.4 Å². The number of amides is 2. The second-order valence-electron chi connectivity index (χ2n) is 8.99. The van der Waals surface area contributed by atoms with Crippen LogP contribution in [0.2, 0.25) is 0 Å². The molecule has 2 amide bonds. The summed E-state index contributed by atoms with van der Waals surface area (Å²) < 4.78 is 5.26. The monoisotopic (exact) mass is 447 g/mol. The van der Waals surface area contributed by atoms with Crippen LogP contribution in [0.4, 0.5) is 10.6 Å². The zero-order valence-electron chi connectivity index (χ0n) is 19.1. The molecule has 33 heavy (non-hydrogen) atoms. The molecule has 172 valence electrons. The SMILES string of the molecule is CC(C)(C)OC(=O)Nc1cc(-c2cccc(-c3ccc(C(=O)N4CCNCC4)cc3)c2)[nH]n1. The van der Waals surface area contributed by atoms with Crippen LogP contribution in [0.25, 0.3) is 22.4 Å². The fourth-order valence-electron chi connectivity index (χ4n) is 3.66. The number of carbonyl (C=O) groups is 2. The van der Waals surface area contributed by atoms with E-state index in [-0.39, 0.29) is 5.91 Å². The number of nitrogens with one attached hydrogen (secondary N) is 3. The van der Waals surface area contributed by atoms with E-state index in [4.69, 9.17) is 4.74 Å². The van der Waals surface area contributed by atoms with E-state index in [0.29, 0.717) is 11.4 Å². The van der Waals surface area contributed by atoms with Gasteiger partial charge in [0.15, 0.2) is 5.82 Å². The number of hydrogen-bond donors (Lipinski definition) is 3. The zero-order chi connectivity index (χ0) is 23.4. The van der Waals surface area contributed by atoms with Gasteiger partial charge >= 0.3 is 6.09 Å². The molecule has 3 aromatic rings. The highest BCUT2D eigenvalue weighted by atomic mass is 16.6. The molecule has 0 unspecified atom stereocenters. The Hall–Kier alpha value is -3.65. The maximum Gasteiger partial charge on any atom is 0.413 e. The van der Waals surface area contributed by atoms with Crippen molar-refractivity contribution in [3.05, 3.63) is 60.2 Å². The second-order valence-corrected chi connectivity index (χ2v) is 8.99. The van der Waals surface area contributed by atoms with Gasteiger partial charge in [-0.3, -0.25) is 15.2 Å². The third kappa shape index (κ3) is 5.78. The van der Waals surface area contributed by atoms with Crippen molar-refractivity contribution in [2.24, 2.45) is 0 Å². The lowest BCUT2D eigenvalue weighted by atomic mass is 10.0. The summed E-state index contributed by atoms with van der Waals surface area (Å²) in [6, 6.07) is 17.5. The molecule has 0 radical (unpaired) electrons. The highest BCUT2D eigenvalue weighted by Crippen LogP contribution is 2.27. The Morgan fingerprint density at radius 1 is 0.970 bits per heavy atom. The van der Waals surface area contributed by atoms with Crippen molar-refractivity contribution in [3.8, 4) is 22.4 Å². The number of aromatic nitrogens is 2. The molecule has 2 aromatic carbocycles. The maximum atomic E-state index is 12.7. The van der Waals surface area contributed by atoms with Crippen molar-refractivity contribution >= 4 is 17.8 Å². The Morgan fingerprint density at radius 3 is 2.36 bits per heavy atom. The van der Waals surface area contributed by atoms with E-state index in [2.05, 4.69) is 20.8 Å². The molecule has 1 aromatic heterocycles. The lowest BCUT2D eigenvalue weighted by molar-refractivity contribution is 0.0634. The van der Waals surface area contributed by atoms with E-state index >= 15 is 0 Å². The van der Waals surface area contributed by atoms with Crippen molar-refractivity contribution < 1.29 is 14.3 Å². The van der Waals surface area contributed by atoms with Gasteiger partial charge in [0.1, 0.15) is 5.60 Å². The van der Waals surface area contributed by atoms with Crippen molar-refractivity contribution in [2.75, 3.05) is 31.5 Å². The molecule has 0 aliphatic carbocycles. The van der Waals surface area contributed by atoms with Gasteiger partial charge in [-0.05, 0) is 50.1 Å². The molecule has 3 N–H and O–H groups in total. The normalized spacial score (nSPS) is 14.1. The summed E-state index contributed by atoms with van der Waals surface area (Å²) >= 11 is 0. The molecule has 2 heterocycles. The minimum absolute atomic E-state index is 0.0688.